The van der Waals surface area contributed by atoms with E-state index in [2.05, 4.69) is 59.0 Å². The highest BCUT2D eigenvalue weighted by molar-refractivity contribution is 5.72. The van der Waals surface area contributed by atoms with Crippen LogP contribution in [-0.2, 0) is 0 Å². The van der Waals surface area contributed by atoms with E-state index in [4.69, 9.17) is 0 Å². The Kier molecular flexibility index (Phi) is 1.79. The van der Waals surface area contributed by atoms with Crippen molar-refractivity contribution in [1.29, 1.82) is 0 Å². The molecule has 0 saturated carbocycles. The molecule has 0 aromatic carbocycles. The first-order valence-corrected chi connectivity index (χ1v) is 7.12. The van der Waals surface area contributed by atoms with Crippen LogP contribution in [0.15, 0.2) is 48.2 Å². The van der Waals surface area contributed by atoms with Gasteiger partial charge in [-0.2, -0.15) is 0 Å². The molecule has 4 atom stereocenters. The average Bonchev–Trinajstić information content (AvgIpc) is 2.94. The van der Waals surface area contributed by atoms with E-state index in [9.17, 15) is 0 Å². The molecule has 0 radical (unpaired) electrons. The number of H-pyrrole nitrogens is 1. The maximum Gasteiger partial charge on any atom is 0.0430 e. The van der Waals surface area contributed by atoms with Gasteiger partial charge in [-0.1, -0.05) is 42.5 Å². The molecular weight excluding hydrogens is 232 g/mol. The van der Waals surface area contributed by atoms with Crippen LogP contribution >= 0.6 is 0 Å². The lowest BCUT2D eigenvalue weighted by atomic mass is 9.92. The Balaban J connectivity index is 1.51. The van der Waals surface area contributed by atoms with Gasteiger partial charge in [-0.05, 0) is 23.5 Å². The average molecular weight is 248 g/mol. The summed E-state index contributed by atoms with van der Waals surface area (Å²) in [6.45, 7) is 0. The second-order valence-corrected chi connectivity index (χ2v) is 5.96. The van der Waals surface area contributed by atoms with Crippen molar-refractivity contribution >= 4 is 6.08 Å². The molecule has 0 bridgehead atoms. The second kappa shape index (κ2) is 3.40. The van der Waals surface area contributed by atoms with Crippen LogP contribution in [0.3, 0.4) is 0 Å². The summed E-state index contributed by atoms with van der Waals surface area (Å²) >= 11 is 0. The highest BCUT2D eigenvalue weighted by atomic mass is 15.0. The SMILES string of the molecule is C1=CC2CC(c3c[nH]c4c3C=CC3=C[C@@H]34)NC2C=C1. The molecule has 1 aromatic rings. The van der Waals surface area contributed by atoms with Crippen LogP contribution in [0.5, 0.6) is 0 Å². The van der Waals surface area contributed by atoms with Crippen LogP contribution in [-0.4, -0.2) is 11.0 Å². The predicted molar refractivity (Wildman–Crippen MR) is 76.7 cm³/mol. The van der Waals surface area contributed by atoms with Crippen molar-refractivity contribution in [2.75, 3.05) is 0 Å². The molecule has 1 saturated heterocycles. The summed E-state index contributed by atoms with van der Waals surface area (Å²) in [5.74, 6) is 1.24. The van der Waals surface area contributed by atoms with Crippen LogP contribution in [0.4, 0.5) is 0 Å². The minimum absolute atomic E-state index is 0.479. The lowest BCUT2D eigenvalue weighted by molar-refractivity contribution is 0.599. The Morgan fingerprint density at radius 3 is 3.00 bits per heavy atom. The molecule has 2 heterocycles. The van der Waals surface area contributed by atoms with Gasteiger partial charge in [0.15, 0.2) is 0 Å². The summed E-state index contributed by atoms with van der Waals surface area (Å²) in [6.07, 6.45) is 19.3. The monoisotopic (exact) mass is 248 g/mol. The van der Waals surface area contributed by atoms with Crippen molar-refractivity contribution in [3.63, 3.8) is 0 Å². The quantitative estimate of drug-likeness (QED) is 0.784. The molecular formula is C17H16N2. The summed E-state index contributed by atoms with van der Waals surface area (Å²) in [5, 5.41) is 3.76. The largest absolute Gasteiger partial charge is 0.363 e. The van der Waals surface area contributed by atoms with E-state index in [-0.39, 0.29) is 0 Å². The number of aromatic amines is 1. The molecule has 4 aliphatic rings. The Bertz CT molecular complexity index is 651. The minimum atomic E-state index is 0.479. The first-order chi connectivity index (χ1) is 9.40. The molecule has 0 spiro atoms. The Labute approximate surface area is 112 Å². The summed E-state index contributed by atoms with van der Waals surface area (Å²) < 4.78 is 0. The van der Waals surface area contributed by atoms with Gasteiger partial charge in [-0.15, -0.1) is 0 Å². The lowest BCUT2D eigenvalue weighted by Crippen LogP contribution is -2.26. The normalized spacial score (nSPS) is 36.7. The van der Waals surface area contributed by atoms with E-state index < -0.39 is 0 Å². The van der Waals surface area contributed by atoms with Crippen LogP contribution in [0.25, 0.3) is 6.08 Å². The third-order valence-electron chi connectivity index (χ3n) is 4.87. The van der Waals surface area contributed by atoms with Crippen LogP contribution in [0, 0.1) is 5.92 Å². The van der Waals surface area contributed by atoms with Gasteiger partial charge in [0.1, 0.15) is 0 Å². The molecule has 3 unspecified atom stereocenters. The molecule has 19 heavy (non-hydrogen) atoms. The molecule has 94 valence electrons. The smallest absolute Gasteiger partial charge is 0.0430 e. The van der Waals surface area contributed by atoms with E-state index in [1.807, 2.05) is 0 Å². The van der Waals surface area contributed by atoms with E-state index in [1.54, 1.807) is 0 Å². The zero-order valence-electron chi connectivity index (χ0n) is 10.6. The molecule has 1 fully saturated rings. The van der Waals surface area contributed by atoms with Gasteiger partial charge in [0.25, 0.3) is 0 Å². The topological polar surface area (TPSA) is 27.8 Å². The Morgan fingerprint density at radius 2 is 2.05 bits per heavy atom. The number of aromatic nitrogens is 1. The standard InChI is InChI=1S/C17H16N2/c1-2-4-15-11(3-1)8-16(19-15)14-9-18-17-12(14)6-5-10-7-13(10)17/h1-7,9,11,13,15-16,18-19H,8H2/t11?,13-,15?,16?/m0/s1. The molecule has 1 aliphatic heterocycles. The van der Waals surface area contributed by atoms with Gasteiger partial charge in [-0.3, -0.25) is 0 Å². The van der Waals surface area contributed by atoms with Gasteiger partial charge in [0.05, 0.1) is 0 Å². The fourth-order valence-corrected chi connectivity index (χ4v) is 3.78. The van der Waals surface area contributed by atoms with Crippen molar-refractivity contribution in [2.45, 2.75) is 24.4 Å². The van der Waals surface area contributed by atoms with E-state index in [0.717, 1.165) is 0 Å². The first kappa shape index (κ1) is 10.0. The maximum atomic E-state index is 3.76. The van der Waals surface area contributed by atoms with Crippen molar-refractivity contribution in [3.8, 4) is 0 Å². The molecule has 2 heteroatoms. The zero-order chi connectivity index (χ0) is 12.4. The molecule has 2 nitrogen and oxygen atoms in total. The van der Waals surface area contributed by atoms with Crippen molar-refractivity contribution < 1.29 is 0 Å². The lowest BCUT2D eigenvalue weighted by Gasteiger charge is -2.15. The van der Waals surface area contributed by atoms with Gasteiger partial charge in [0.2, 0.25) is 0 Å². The van der Waals surface area contributed by atoms with Crippen molar-refractivity contribution in [2.24, 2.45) is 5.92 Å². The van der Waals surface area contributed by atoms with Gasteiger partial charge >= 0.3 is 0 Å². The second-order valence-electron chi connectivity index (χ2n) is 5.96. The fourth-order valence-electron chi connectivity index (χ4n) is 3.78. The summed E-state index contributed by atoms with van der Waals surface area (Å²) in [6, 6.07) is 0.995. The summed E-state index contributed by atoms with van der Waals surface area (Å²) in [5.41, 5.74) is 5.74. The van der Waals surface area contributed by atoms with Crippen LogP contribution in [0.2, 0.25) is 0 Å². The third kappa shape index (κ3) is 1.35. The van der Waals surface area contributed by atoms with Gasteiger partial charge in [0, 0.05) is 35.5 Å². The molecule has 2 N–H and O–H groups in total. The van der Waals surface area contributed by atoms with E-state index in [1.165, 1.54) is 28.8 Å². The zero-order valence-corrected chi connectivity index (χ0v) is 10.6. The van der Waals surface area contributed by atoms with Gasteiger partial charge in [-0.25, -0.2) is 0 Å². The number of allylic oxidation sites excluding steroid dienone is 5. The van der Waals surface area contributed by atoms with E-state index in [0.29, 0.717) is 23.9 Å². The highest BCUT2D eigenvalue weighted by Gasteiger charge is 2.37. The predicted octanol–water partition coefficient (Wildman–Crippen LogP) is 3.21. The van der Waals surface area contributed by atoms with Crippen LogP contribution in [0.1, 0.15) is 35.2 Å². The number of nitrogens with one attached hydrogen (secondary N) is 2. The van der Waals surface area contributed by atoms with Crippen molar-refractivity contribution in [1.82, 2.24) is 10.3 Å². The maximum absolute atomic E-state index is 3.76. The molecule has 5 rings (SSSR count). The van der Waals surface area contributed by atoms with E-state index >= 15 is 0 Å². The Hall–Kier alpha value is -1.80. The fraction of sp³-hybridized carbons (Fsp3) is 0.294. The summed E-state index contributed by atoms with van der Waals surface area (Å²) in [7, 11) is 0. The van der Waals surface area contributed by atoms with Crippen LogP contribution < -0.4 is 5.32 Å². The number of hydrogen-bond acceptors (Lipinski definition) is 1. The molecule has 0 amide bonds. The van der Waals surface area contributed by atoms with Gasteiger partial charge < -0.3 is 10.3 Å². The molecule has 1 aromatic heterocycles. The minimum Gasteiger partial charge on any atom is -0.363 e. The van der Waals surface area contributed by atoms with Crippen molar-refractivity contribution in [3.05, 3.63) is 65.0 Å². The molecule has 3 aliphatic carbocycles. The number of rotatable bonds is 1. The number of fused-ring (bicyclic) bond motifs is 4. The first-order valence-electron chi connectivity index (χ1n) is 7.12. The summed E-state index contributed by atoms with van der Waals surface area (Å²) in [4.78, 5) is 3.50. The highest BCUT2D eigenvalue weighted by Crippen LogP contribution is 2.47. The Morgan fingerprint density at radius 1 is 1.11 bits per heavy atom. The number of hydrogen-bond donors (Lipinski definition) is 2. The third-order valence-corrected chi connectivity index (χ3v) is 4.87.